The molecule has 0 aliphatic heterocycles. The molecule has 0 saturated heterocycles. The number of carbonyl (C=O) groups excluding carboxylic acids is 2. The summed E-state index contributed by atoms with van der Waals surface area (Å²) >= 11 is 0. The Kier molecular flexibility index (Phi) is 6.29. The van der Waals surface area contributed by atoms with Crippen molar-refractivity contribution in [3.63, 3.8) is 0 Å². The van der Waals surface area contributed by atoms with Crippen molar-refractivity contribution >= 4 is 17.6 Å². The van der Waals surface area contributed by atoms with Crippen molar-refractivity contribution < 1.29 is 19.1 Å². The summed E-state index contributed by atoms with van der Waals surface area (Å²) in [6.07, 6.45) is 1.86. The summed E-state index contributed by atoms with van der Waals surface area (Å²) in [7, 11) is 2.48. The number of anilines is 1. The highest BCUT2D eigenvalue weighted by atomic mass is 16.5. The molecule has 1 aromatic rings. The summed E-state index contributed by atoms with van der Waals surface area (Å²) in [5.74, 6) is -2.19. The van der Waals surface area contributed by atoms with Crippen LogP contribution in [0.4, 0.5) is 5.69 Å². The van der Waals surface area contributed by atoms with Gasteiger partial charge in [-0.2, -0.15) is 0 Å². The standard InChI is InChI=1S/C15H19NO4/c1-4-11(16-12-8-6-5-7-9-12)10-13(14(17)19-2)15(18)20-3/h4-9,11,13,16H,1,10H2,2-3H3. The van der Waals surface area contributed by atoms with E-state index in [4.69, 9.17) is 0 Å². The second-order valence-corrected chi connectivity index (χ2v) is 4.19. The van der Waals surface area contributed by atoms with E-state index in [0.29, 0.717) is 0 Å². The number of methoxy groups -OCH3 is 2. The first-order valence-corrected chi connectivity index (χ1v) is 6.22. The van der Waals surface area contributed by atoms with Crippen LogP contribution in [0, 0.1) is 5.92 Å². The fourth-order valence-electron chi connectivity index (χ4n) is 1.79. The molecule has 0 saturated carbocycles. The molecule has 5 nitrogen and oxygen atoms in total. The summed E-state index contributed by atoms with van der Waals surface area (Å²) in [4.78, 5) is 23.3. The Morgan fingerprint density at radius 1 is 1.20 bits per heavy atom. The highest BCUT2D eigenvalue weighted by molar-refractivity contribution is 5.94. The maximum absolute atomic E-state index is 11.6. The maximum atomic E-state index is 11.6. The van der Waals surface area contributed by atoms with E-state index in [9.17, 15) is 9.59 Å². The van der Waals surface area contributed by atoms with Crippen molar-refractivity contribution in [2.24, 2.45) is 5.92 Å². The lowest BCUT2D eigenvalue weighted by Gasteiger charge is -2.20. The van der Waals surface area contributed by atoms with Gasteiger partial charge in [0.15, 0.2) is 5.92 Å². The second kappa shape index (κ2) is 7.99. The largest absolute Gasteiger partial charge is 0.468 e. The number of esters is 2. The van der Waals surface area contributed by atoms with E-state index in [1.165, 1.54) is 14.2 Å². The molecule has 0 fully saturated rings. The number of hydrogen-bond acceptors (Lipinski definition) is 5. The zero-order valence-corrected chi connectivity index (χ0v) is 11.7. The van der Waals surface area contributed by atoms with Crippen LogP contribution >= 0.6 is 0 Å². The number of rotatable bonds is 7. The monoisotopic (exact) mass is 277 g/mol. The number of para-hydroxylation sites is 1. The lowest BCUT2D eigenvalue weighted by atomic mass is 9.99. The molecule has 0 amide bonds. The molecule has 0 aliphatic rings. The maximum Gasteiger partial charge on any atom is 0.320 e. The van der Waals surface area contributed by atoms with Gasteiger partial charge in [0.25, 0.3) is 0 Å². The van der Waals surface area contributed by atoms with E-state index in [1.54, 1.807) is 6.08 Å². The van der Waals surface area contributed by atoms with Crippen LogP contribution < -0.4 is 5.32 Å². The van der Waals surface area contributed by atoms with E-state index in [0.717, 1.165) is 5.69 Å². The number of nitrogens with one attached hydrogen (secondary N) is 1. The number of benzene rings is 1. The smallest absolute Gasteiger partial charge is 0.320 e. The normalized spacial score (nSPS) is 11.6. The van der Waals surface area contributed by atoms with Gasteiger partial charge in [-0.05, 0) is 18.6 Å². The quantitative estimate of drug-likeness (QED) is 0.469. The molecule has 0 bridgehead atoms. The summed E-state index contributed by atoms with van der Waals surface area (Å²) in [5, 5.41) is 3.18. The van der Waals surface area contributed by atoms with Crippen LogP contribution in [0.5, 0.6) is 0 Å². The second-order valence-electron chi connectivity index (χ2n) is 4.19. The van der Waals surface area contributed by atoms with Gasteiger partial charge in [0.1, 0.15) is 0 Å². The van der Waals surface area contributed by atoms with Gasteiger partial charge in [0.2, 0.25) is 0 Å². The lowest BCUT2D eigenvalue weighted by Crippen LogP contribution is -2.32. The van der Waals surface area contributed by atoms with Crippen LogP contribution in [0.2, 0.25) is 0 Å². The average Bonchev–Trinajstić information content (AvgIpc) is 2.50. The molecule has 0 spiro atoms. The van der Waals surface area contributed by atoms with Crippen LogP contribution in [0.3, 0.4) is 0 Å². The first-order valence-electron chi connectivity index (χ1n) is 6.22. The predicted octanol–water partition coefficient (Wildman–Crippen LogP) is 2.01. The molecule has 0 aliphatic carbocycles. The summed E-state index contributed by atoms with van der Waals surface area (Å²) in [6, 6.07) is 9.21. The molecule has 20 heavy (non-hydrogen) atoms. The third-order valence-electron chi connectivity index (χ3n) is 2.87. The molecule has 1 unspecified atom stereocenters. The summed E-state index contributed by atoms with van der Waals surface area (Å²) in [6.45, 7) is 3.71. The zero-order valence-electron chi connectivity index (χ0n) is 11.7. The average molecular weight is 277 g/mol. The van der Waals surface area contributed by atoms with E-state index < -0.39 is 17.9 Å². The molecule has 1 rings (SSSR count). The minimum Gasteiger partial charge on any atom is -0.468 e. The highest BCUT2D eigenvalue weighted by Crippen LogP contribution is 2.16. The summed E-state index contributed by atoms with van der Waals surface area (Å²) < 4.78 is 9.26. The first-order chi connectivity index (χ1) is 9.62. The minimum absolute atomic E-state index is 0.220. The minimum atomic E-state index is -0.968. The van der Waals surface area contributed by atoms with E-state index in [2.05, 4.69) is 21.4 Å². The number of hydrogen-bond donors (Lipinski definition) is 1. The number of ether oxygens (including phenoxy) is 2. The van der Waals surface area contributed by atoms with Crippen LogP contribution in [-0.2, 0) is 19.1 Å². The Bertz CT molecular complexity index is 442. The molecular formula is C15H19NO4. The van der Waals surface area contributed by atoms with Crippen LogP contribution in [0.1, 0.15) is 6.42 Å². The van der Waals surface area contributed by atoms with Gasteiger partial charge in [-0.15, -0.1) is 6.58 Å². The van der Waals surface area contributed by atoms with Crippen molar-refractivity contribution in [1.29, 1.82) is 0 Å². The molecule has 1 N–H and O–H groups in total. The molecule has 0 radical (unpaired) electrons. The van der Waals surface area contributed by atoms with Crippen LogP contribution in [0.25, 0.3) is 0 Å². The van der Waals surface area contributed by atoms with Gasteiger partial charge < -0.3 is 14.8 Å². The molecule has 108 valence electrons. The van der Waals surface area contributed by atoms with Crippen molar-refractivity contribution in [2.45, 2.75) is 12.5 Å². The van der Waals surface area contributed by atoms with E-state index in [1.807, 2.05) is 30.3 Å². The number of carbonyl (C=O) groups is 2. The van der Waals surface area contributed by atoms with Crippen LogP contribution in [-0.4, -0.2) is 32.2 Å². The molecule has 5 heteroatoms. The van der Waals surface area contributed by atoms with Gasteiger partial charge >= 0.3 is 11.9 Å². The fraction of sp³-hybridized carbons (Fsp3) is 0.333. The van der Waals surface area contributed by atoms with Crippen molar-refractivity contribution in [3.8, 4) is 0 Å². The third kappa shape index (κ3) is 4.42. The summed E-state index contributed by atoms with van der Waals surface area (Å²) in [5.41, 5.74) is 0.880. The lowest BCUT2D eigenvalue weighted by molar-refractivity contribution is -0.159. The van der Waals surface area contributed by atoms with Crippen molar-refractivity contribution in [3.05, 3.63) is 43.0 Å². The van der Waals surface area contributed by atoms with Gasteiger partial charge in [-0.3, -0.25) is 9.59 Å². The Morgan fingerprint density at radius 3 is 2.20 bits per heavy atom. The van der Waals surface area contributed by atoms with E-state index in [-0.39, 0.29) is 12.5 Å². The molecule has 1 atom stereocenters. The van der Waals surface area contributed by atoms with Gasteiger partial charge in [-0.1, -0.05) is 24.3 Å². The molecule has 0 aromatic heterocycles. The van der Waals surface area contributed by atoms with E-state index >= 15 is 0 Å². The van der Waals surface area contributed by atoms with Gasteiger partial charge in [-0.25, -0.2) is 0 Å². The molecule has 0 heterocycles. The molecular weight excluding hydrogens is 258 g/mol. The Balaban J connectivity index is 2.76. The van der Waals surface area contributed by atoms with Crippen LogP contribution in [0.15, 0.2) is 43.0 Å². The predicted molar refractivity (Wildman–Crippen MR) is 76.2 cm³/mol. The van der Waals surface area contributed by atoms with Gasteiger partial charge in [0.05, 0.1) is 14.2 Å². The third-order valence-corrected chi connectivity index (χ3v) is 2.87. The van der Waals surface area contributed by atoms with Crippen molar-refractivity contribution in [1.82, 2.24) is 0 Å². The Hall–Kier alpha value is -2.30. The first kappa shape index (κ1) is 15.8. The highest BCUT2D eigenvalue weighted by Gasteiger charge is 2.30. The topological polar surface area (TPSA) is 64.6 Å². The Morgan fingerprint density at radius 2 is 1.75 bits per heavy atom. The molecule has 1 aromatic carbocycles. The van der Waals surface area contributed by atoms with Gasteiger partial charge in [0, 0.05) is 11.7 Å². The SMILES string of the molecule is C=CC(CC(C(=O)OC)C(=O)OC)Nc1ccccc1. The Labute approximate surface area is 118 Å². The van der Waals surface area contributed by atoms with Crippen molar-refractivity contribution in [2.75, 3.05) is 19.5 Å². The zero-order chi connectivity index (χ0) is 15.0. The fourth-order valence-corrected chi connectivity index (χ4v) is 1.79.